The lowest BCUT2D eigenvalue weighted by Gasteiger charge is -2.37. The third-order valence-corrected chi connectivity index (χ3v) is 11.5. The van der Waals surface area contributed by atoms with Gasteiger partial charge in [0.1, 0.15) is 0 Å². The number of halogens is 1. The van der Waals surface area contributed by atoms with Crippen molar-refractivity contribution in [2.24, 2.45) is 5.92 Å². The molecule has 4 aromatic carbocycles. The summed E-state index contributed by atoms with van der Waals surface area (Å²) in [5, 5.41) is 0. The Morgan fingerprint density at radius 1 is 0.796 bits per heavy atom. The molecule has 2 nitrogen and oxygen atoms in total. The molecule has 0 radical (unpaired) electrons. The van der Waals surface area contributed by atoms with E-state index in [9.17, 15) is 0 Å². The molecule has 3 heteroatoms. The zero-order valence-electron chi connectivity index (χ0n) is 31.4. The fraction of sp³-hybridized carbons (Fsp3) is 0.176. The number of nitrogens with zero attached hydrogens (tertiary/aromatic N) is 2. The van der Waals surface area contributed by atoms with Crippen LogP contribution in [0, 0.1) is 5.92 Å². The predicted molar refractivity (Wildman–Crippen MR) is 244 cm³/mol. The van der Waals surface area contributed by atoms with Crippen molar-refractivity contribution in [3.8, 4) is 22.3 Å². The van der Waals surface area contributed by atoms with Crippen molar-refractivity contribution in [2.75, 3.05) is 14.2 Å². The van der Waals surface area contributed by atoms with Crippen LogP contribution in [0.15, 0.2) is 213 Å². The van der Waals surface area contributed by atoms with Gasteiger partial charge in [-0.05, 0) is 108 Å². The lowest BCUT2D eigenvalue weighted by atomic mass is 9.85. The molecule has 0 saturated carbocycles. The minimum absolute atomic E-state index is 0.281. The summed E-state index contributed by atoms with van der Waals surface area (Å²) in [4.78, 5) is 4.79. The molecule has 0 bridgehead atoms. The van der Waals surface area contributed by atoms with E-state index in [0.717, 1.165) is 47.1 Å². The van der Waals surface area contributed by atoms with Crippen molar-refractivity contribution < 1.29 is 0 Å². The highest BCUT2D eigenvalue weighted by atomic mass is 127. The number of alkyl halides is 1. The third kappa shape index (κ3) is 9.89. The zero-order valence-corrected chi connectivity index (χ0v) is 33.5. The largest absolute Gasteiger partial charge is 0.338 e. The quantitative estimate of drug-likeness (QED) is 0.0670. The van der Waals surface area contributed by atoms with Gasteiger partial charge in [-0.3, -0.25) is 0 Å². The molecule has 0 spiro atoms. The van der Waals surface area contributed by atoms with Gasteiger partial charge in [-0.1, -0.05) is 182 Å². The Balaban J connectivity index is 1.35. The molecule has 6 rings (SSSR count). The molecule has 54 heavy (non-hydrogen) atoms. The highest BCUT2D eigenvalue weighted by molar-refractivity contribution is 14.1. The highest BCUT2D eigenvalue weighted by Gasteiger charge is 2.25. The van der Waals surface area contributed by atoms with Crippen molar-refractivity contribution in [3.63, 3.8) is 0 Å². The van der Waals surface area contributed by atoms with Gasteiger partial charge in [0.05, 0.1) is 6.04 Å². The van der Waals surface area contributed by atoms with Gasteiger partial charge in [0, 0.05) is 33.4 Å². The summed E-state index contributed by atoms with van der Waals surface area (Å²) >= 11 is 2.43. The zero-order chi connectivity index (χ0) is 37.5. The molecule has 0 saturated heterocycles. The maximum atomic E-state index is 4.18. The summed E-state index contributed by atoms with van der Waals surface area (Å²) in [6.07, 6.45) is 34.1. The van der Waals surface area contributed by atoms with Crippen LogP contribution in [0.3, 0.4) is 0 Å². The highest BCUT2D eigenvalue weighted by Crippen LogP contribution is 2.40. The lowest BCUT2D eigenvalue weighted by Crippen LogP contribution is -2.34. The Kier molecular flexibility index (Phi) is 14.2. The topological polar surface area (TPSA) is 6.48 Å². The molecule has 0 fully saturated rings. The molecule has 0 amide bonds. The van der Waals surface area contributed by atoms with Crippen molar-refractivity contribution >= 4 is 34.0 Å². The second kappa shape index (κ2) is 19.8. The van der Waals surface area contributed by atoms with E-state index >= 15 is 0 Å². The molecule has 3 atom stereocenters. The van der Waals surface area contributed by atoms with Gasteiger partial charge < -0.3 is 9.80 Å². The van der Waals surface area contributed by atoms with Gasteiger partial charge in [-0.25, -0.2) is 0 Å². The SMILES string of the molecule is C=C/C=C\C=C\N(/C(C=C)=C/C=C/C(C)CI)c1cccc(-c2ccccc2-c2cccc(N(C3=CCC(c4ccccc4)CC3)C3C=CC=CC3)c2)c1. The molecule has 0 N–H and O–H groups in total. The van der Waals surface area contributed by atoms with E-state index in [4.69, 9.17) is 0 Å². The molecule has 2 aliphatic rings. The average molecular weight is 819 g/mol. The van der Waals surface area contributed by atoms with Crippen LogP contribution in [0.5, 0.6) is 0 Å². The van der Waals surface area contributed by atoms with E-state index in [-0.39, 0.29) is 6.04 Å². The summed E-state index contributed by atoms with van der Waals surface area (Å²) in [5.74, 6) is 1.07. The van der Waals surface area contributed by atoms with Crippen LogP contribution in [0.4, 0.5) is 11.4 Å². The Bertz CT molecular complexity index is 2090. The molecule has 3 unspecified atom stereocenters. The van der Waals surface area contributed by atoms with Crippen LogP contribution in [-0.2, 0) is 0 Å². The van der Waals surface area contributed by atoms with Gasteiger partial charge in [0.25, 0.3) is 0 Å². The van der Waals surface area contributed by atoms with Gasteiger partial charge in [-0.15, -0.1) is 0 Å². The van der Waals surface area contributed by atoms with Crippen LogP contribution in [0.1, 0.15) is 44.1 Å². The predicted octanol–water partition coefficient (Wildman–Crippen LogP) is 14.3. The number of hydrogen-bond donors (Lipinski definition) is 0. The normalized spacial score (nSPS) is 17.9. The first-order chi connectivity index (χ1) is 26.6. The van der Waals surface area contributed by atoms with Crippen LogP contribution >= 0.6 is 22.6 Å². The second-order valence-corrected chi connectivity index (χ2v) is 14.7. The number of hydrogen-bond acceptors (Lipinski definition) is 2. The third-order valence-electron chi connectivity index (χ3n) is 10.1. The molecule has 272 valence electrons. The van der Waals surface area contributed by atoms with Crippen molar-refractivity contribution in [1.82, 2.24) is 0 Å². The molecular formula is C51H51IN2. The minimum Gasteiger partial charge on any atom is -0.338 e. The van der Waals surface area contributed by atoms with Gasteiger partial charge in [0.15, 0.2) is 0 Å². The van der Waals surface area contributed by atoms with Gasteiger partial charge in [-0.2, -0.15) is 0 Å². The maximum absolute atomic E-state index is 4.18. The number of anilines is 2. The van der Waals surface area contributed by atoms with Gasteiger partial charge in [0.2, 0.25) is 0 Å². The van der Waals surface area contributed by atoms with E-state index < -0.39 is 0 Å². The standard InChI is InChI=1S/C51H51IN2/c1-4-6-7-16-36-53(45(5-2)27-17-20-40(3)39-52)48-28-18-23-43(37-48)50-30-14-15-31-51(50)44-24-19-29-49(38-44)54(46-25-12-9-13-26-46)47-34-32-42(33-35-47)41-21-10-8-11-22-41/h4-25,27-31,34,36-38,40,42,46H,1-2,26,32-33,35,39H2,3H3/b7-6-,20-17+,36-16+,45-27+. The van der Waals surface area contributed by atoms with Crippen LogP contribution < -0.4 is 9.80 Å². The summed E-state index contributed by atoms with van der Waals surface area (Å²) < 4.78 is 1.08. The molecule has 4 aromatic rings. The monoisotopic (exact) mass is 818 g/mol. The van der Waals surface area contributed by atoms with Gasteiger partial charge >= 0.3 is 0 Å². The Morgan fingerprint density at radius 2 is 1.52 bits per heavy atom. The summed E-state index contributed by atoms with van der Waals surface area (Å²) in [6.45, 7) is 10.2. The van der Waals surface area contributed by atoms with Crippen molar-refractivity contribution in [1.29, 1.82) is 0 Å². The Labute approximate surface area is 337 Å². The van der Waals surface area contributed by atoms with E-state index in [1.807, 2.05) is 24.3 Å². The second-order valence-electron chi connectivity index (χ2n) is 13.9. The van der Waals surface area contributed by atoms with Crippen LogP contribution in [-0.4, -0.2) is 10.5 Å². The smallest absolute Gasteiger partial charge is 0.0556 e. The summed E-state index contributed by atoms with van der Waals surface area (Å²) in [5.41, 5.74) is 10.9. The number of benzene rings is 4. The molecular weight excluding hydrogens is 767 g/mol. The number of rotatable bonds is 15. The average Bonchev–Trinajstić information content (AvgIpc) is 3.24. The summed E-state index contributed by atoms with van der Waals surface area (Å²) in [7, 11) is 0. The first-order valence-corrected chi connectivity index (χ1v) is 20.6. The Hall–Kier alpha value is -5.13. The maximum Gasteiger partial charge on any atom is 0.0556 e. The first kappa shape index (κ1) is 38.6. The summed E-state index contributed by atoms with van der Waals surface area (Å²) in [6, 6.07) is 38.0. The lowest BCUT2D eigenvalue weighted by molar-refractivity contribution is 0.575. The van der Waals surface area contributed by atoms with Crippen LogP contribution in [0.25, 0.3) is 22.3 Å². The fourth-order valence-corrected chi connectivity index (χ4v) is 7.56. The van der Waals surface area contributed by atoms with E-state index in [2.05, 4.69) is 210 Å². The Morgan fingerprint density at radius 3 is 2.17 bits per heavy atom. The molecule has 2 aliphatic carbocycles. The van der Waals surface area contributed by atoms with E-state index in [1.54, 1.807) is 6.08 Å². The van der Waals surface area contributed by atoms with Crippen molar-refractivity contribution in [2.45, 2.75) is 44.6 Å². The molecule has 0 aromatic heterocycles. The van der Waals surface area contributed by atoms with E-state index in [1.165, 1.54) is 33.6 Å². The molecule has 0 heterocycles. The minimum atomic E-state index is 0.281. The first-order valence-electron chi connectivity index (χ1n) is 19.1. The molecule has 0 aliphatic heterocycles. The fourth-order valence-electron chi connectivity index (χ4n) is 7.27. The van der Waals surface area contributed by atoms with E-state index in [0.29, 0.717) is 11.8 Å². The number of allylic oxidation sites excluding steroid dienone is 12. The van der Waals surface area contributed by atoms with Crippen molar-refractivity contribution in [3.05, 3.63) is 218 Å². The van der Waals surface area contributed by atoms with Crippen LogP contribution in [0.2, 0.25) is 0 Å².